The van der Waals surface area contributed by atoms with Crippen molar-refractivity contribution in [3.8, 4) is 11.8 Å². The van der Waals surface area contributed by atoms with Crippen LogP contribution in [-0.4, -0.2) is 10.8 Å². The molecule has 1 aromatic heterocycles. The van der Waals surface area contributed by atoms with Crippen molar-refractivity contribution < 1.29 is 4.79 Å². The fourth-order valence-electron chi connectivity index (χ4n) is 0.891. The Labute approximate surface area is 88.3 Å². The predicted octanol–water partition coefficient (Wildman–Crippen LogP) is 2.72. The topological polar surface area (TPSA) is 30.0 Å². The molecule has 0 saturated heterocycles. The highest BCUT2D eigenvalue weighted by molar-refractivity contribution is 6.33. The summed E-state index contributed by atoms with van der Waals surface area (Å²) < 4.78 is 0. The number of ketones is 1. The van der Waals surface area contributed by atoms with E-state index in [9.17, 15) is 4.79 Å². The van der Waals surface area contributed by atoms with E-state index in [4.69, 9.17) is 11.6 Å². The van der Waals surface area contributed by atoms with Gasteiger partial charge in [-0.15, -0.1) is 0 Å². The molecular formula is C11H10ClNO. The SMILES string of the molecule is CCCC#CC(=O)c1cccnc1Cl. The Morgan fingerprint density at radius 3 is 3.07 bits per heavy atom. The highest BCUT2D eigenvalue weighted by Gasteiger charge is 2.06. The molecule has 1 aromatic rings. The molecule has 1 heterocycles. The molecule has 1 rings (SSSR count). The van der Waals surface area contributed by atoms with Gasteiger partial charge in [-0.2, -0.15) is 0 Å². The van der Waals surface area contributed by atoms with E-state index in [-0.39, 0.29) is 10.9 Å². The summed E-state index contributed by atoms with van der Waals surface area (Å²) in [4.78, 5) is 15.2. The number of Topliss-reactive ketones (excluding diaryl/α,β-unsaturated/α-hetero) is 1. The molecule has 0 fully saturated rings. The van der Waals surface area contributed by atoms with Gasteiger partial charge in [-0.05, 0) is 24.5 Å². The number of nitrogens with zero attached hydrogens (tertiary/aromatic N) is 1. The van der Waals surface area contributed by atoms with Gasteiger partial charge in [0, 0.05) is 12.6 Å². The quantitative estimate of drug-likeness (QED) is 0.323. The number of carbonyl (C=O) groups excluding carboxylic acids is 1. The van der Waals surface area contributed by atoms with E-state index in [1.54, 1.807) is 18.3 Å². The molecule has 0 aliphatic carbocycles. The van der Waals surface area contributed by atoms with Crippen molar-refractivity contribution in [1.29, 1.82) is 0 Å². The van der Waals surface area contributed by atoms with Gasteiger partial charge in [0.2, 0.25) is 5.78 Å². The normalized spacial score (nSPS) is 9.00. The van der Waals surface area contributed by atoms with Crippen molar-refractivity contribution in [2.75, 3.05) is 0 Å². The van der Waals surface area contributed by atoms with Crippen LogP contribution >= 0.6 is 11.6 Å². The first-order valence-electron chi connectivity index (χ1n) is 4.39. The van der Waals surface area contributed by atoms with Gasteiger partial charge in [0.05, 0.1) is 5.56 Å². The Balaban J connectivity index is 2.82. The lowest BCUT2D eigenvalue weighted by molar-refractivity contribution is 0.105. The van der Waals surface area contributed by atoms with Gasteiger partial charge in [0.15, 0.2) is 0 Å². The van der Waals surface area contributed by atoms with Crippen molar-refractivity contribution in [2.24, 2.45) is 0 Å². The number of aromatic nitrogens is 1. The maximum Gasteiger partial charge on any atom is 0.238 e. The Kier molecular flexibility index (Phi) is 4.15. The molecule has 14 heavy (non-hydrogen) atoms. The predicted molar refractivity (Wildman–Crippen MR) is 56.3 cm³/mol. The molecule has 0 saturated carbocycles. The van der Waals surface area contributed by atoms with Gasteiger partial charge >= 0.3 is 0 Å². The number of halogens is 1. The maximum absolute atomic E-state index is 11.4. The first-order valence-corrected chi connectivity index (χ1v) is 4.77. The summed E-state index contributed by atoms with van der Waals surface area (Å²) >= 11 is 5.73. The summed E-state index contributed by atoms with van der Waals surface area (Å²) in [5.74, 6) is 5.03. The number of hydrogen-bond donors (Lipinski definition) is 0. The van der Waals surface area contributed by atoms with Crippen LogP contribution in [0.25, 0.3) is 0 Å². The van der Waals surface area contributed by atoms with Crippen molar-refractivity contribution in [2.45, 2.75) is 19.8 Å². The summed E-state index contributed by atoms with van der Waals surface area (Å²) in [6.07, 6.45) is 3.21. The average molecular weight is 208 g/mol. The minimum Gasteiger partial charge on any atom is -0.279 e. The molecule has 0 amide bonds. The van der Waals surface area contributed by atoms with Gasteiger partial charge in [-0.3, -0.25) is 4.79 Å². The monoisotopic (exact) mass is 207 g/mol. The van der Waals surface area contributed by atoms with Crippen LogP contribution in [-0.2, 0) is 0 Å². The summed E-state index contributed by atoms with van der Waals surface area (Å²) in [7, 11) is 0. The van der Waals surface area contributed by atoms with Crippen LogP contribution in [0.1, 0.15) is 30.1 Å². The van der Waals surface area contributed by atoms with E-state index >= 15 is 0 Å². The van der Waals surface area contributed by atoms with Crippen LogP contribution in [0.5, 0.6) is 0 Å². The largest absolute Gasteiger partial charge is 0.279 e. The van der Waals surface area contributed by atoms with Gasteiger partial charge in [-0.1, -0.05) is 24.4 Å². The van der Waals surface area contributed by atoms with E-state index in [1.807, 2.05) is 6.92 Å². The van der Waals surface area contributed by atoms with Gasteiger partial charge < -0.3 is 0 Å². The molecule has 3 heteroatoms. The molecule has 0 spiro atoms. The second-order valence-corrected chi connectivity index (χ2v) is 3.08. The first kappa shape index (κ1) is 10.7. The maximum atomic E-state index is 11.4. The van der Waals surface area contributed by atoms with E-state index in [1.165, 1.54) is 0 Å². The number of unbranched alkanes of at least 4 members (excludes halogenated alkanes) is 1. The Bertz CT molecular complexity index is 390. The second-order valence-electron chi connectivity index (χ2n) is 2.72. The van der Waals surface area contributed by atoms with E-state index in [0.717, 1.165) is 12.8 Å². The second kappa shape index (κ2) is 5.41. The minimum absolute atomic E-state index is 0.211. The molecule has 72 valence electrons. The number of pyridine rings is 1. The molecule has 0 radical (unpaired) electrons. The van der Waals surface area contributed by atoms with Crippen LogP contribution in [0.15, 0.2) is 18.3 Å². The molecule has 0 aromatic carbocycles. The van der Waals surface area contributed by atoms with Crippen molar-refractivity contribution in [3.63, 3.8) is 0 Å². The standard InChI is InChI=1S/C11H10ClNO/c1-2-3-4-7-10(14)9-6-5-8-13-11(9)12/h5-6,8H,2-3H2,1H3. The average Bonchev–Trinajstić information content (AvgIpc) is 2.18. The molecule has 0 aliphatic heterocycles. The highest BCUT2D eigenvalue weighted by Crippen LogP contribution is 2.11. The van der Waals surface area contributed by atoms with E-state index in [0.29, 0.717) is 5.56 Å². The minimum atomic E-state index is -0.267. The van der Waals surface area contributed by atoms with Crippen LogP contribution in [0.4, 0.5) is 0 Å². The molecule has 0 unspecified atom stereocenters. The summed E-state index contributed by atoms with van der Waals surface area (Å²) in [5, 5.41) is 0.211. The summed E-state index contributed by atoms with van der Waals surface area (Å²) in [6, 6.07) is 3.29. The highest BCUT2D eigenvalue weighted by atomic mass is 35.5. The van der Waals surface area contributed by atoms with Crippen molar-refractivity contribution in [1.82, 2.24) is 4.98 Å². The number of carbonyl (C=O) groups is 1. The Morgan fingerprint density at radius 2 is 2.43 bits per heavy atom. The molecule has 2 nitrogen and oxygen atoms in total. The zero-order valence-corrected chi connectivity index (χ0v) is 8.64. The lowest BCUT2D eigenvalue weighted by Gasteiger charge is -1.94. The number of hydrogen-bond acceptors (Lipinski definition) is 2. The van der Waals surface area contributed by atoms with Crippen molar-refractivity contribution >= 4 is 17.4 Å². The van der Waals surface area contributed by atoms with Gasteiger partial charge in [-0.25, -0.2) is 4.98 Å². The third-order valence-corrected chi connectivity index (χ3v) is 1.88. The zero-order chi connectivity index (χ0) is 10.4. The smallest absolute Gasteiger partial charge is 0.238 e. The fourth-order valence-corrected chi connectivity index (χ4v) is 1.10. The van der Waals surface area contributed by atoms with E-state index in [2.05, 4.69) is 16.8 Å². The third kappa shape index (κ3) is 2.86. The lowest BCUT2D eigenvalue weighted by Crippen LogP contribution is -1.97. The first-order chi connectivity index (χ1) is 6.75. The molecular weight excluding hydrogens is 198 g/mol. The Hall–Kier alpha value is -1.33. The van der Waals surface area contributed by atoms with Crippen LogP contribution in [0, 0.1) is 11.8 Å². The molecule has 0 N–H and O–H groups in total. The van der Waals surface area contributed by atoms with Crippen LogP contribution in [0.2, 0.25) is 5.15 Å². The van der Waals surface area contributed by atoms with Gasteiger partial charge in [0.25, 0.3) is 0 Å². The summed E-state index contributed by atoms with van der Waals surface area (Å²) in [5.41, 5.74) is 0.373. The van der Waals surface area contributed by atoms with E-state index < -0.39 is 0 Å². The zero-order valence-electron chi connectivity index (χ0n) is 7.88. The van der Waals surface area contributed by atoms with Crippen molar-refractivity contribution in [3.05, 3.63) is 29.0 Å². The molecule has 0 aliphatic rings. The van der Waals surface area contributed by atoms with Crippen LogP contribution < -0.4 is 0 Å². The third-order valence-electron chi connectivity index (χ3n) is 1.58. The number of rotatable bonds is 2. The fraction of sp³-hybridized carbons (Fsp3) is 0.273. The molecule has 0 atom stereocenters. The Morgan fingerprint density at radius 1 is 1.64 bits per heavy atom. The molecule has 0 bridgehead atoms. The van der Waals surface area contributed by atoms with Gasteiger partial charge in [0.1, 0.15) is 5.15 Å². The summed E-state index contributed by atoms with van der Waals surface area (Å²) in [6.45, 7) is 2.01. The van der Waals surface area contributed by atoms with Crippen LogP contribution in [0.3, 0.4) is 0 Å². The lowest BCUT2D eigenvalue weighted by atomic mass is 10.2.